The molecule has 7 heteroatoms. The molecule has 1 saturated carbocycles. The minimum Gasteiger partial charge on any atom is -0.495 e. The van der Waals surface area contributed by atoms with Gasteiger partial charge in [0.25, 0.3) is 0 Å². The Labute approximate surface area is 155 Å². The maximum Gasteiger partial charge on any atom is 0.227 e. The van der Waals surface area contributed by atoms with E-state index in [-0.39, 0.29) is 30.1 Å². The van der Waals surface area contributed by atoms with Crippen LogP contribution in [-0.4, -0.2) is 32.5 Å². The highest BCUT2D eigenvalue weighted by Crippen LogP contribution is 2.30. The fourth-order valence-electron chi connectivity index (χ4n) is 2.95. The van der Waals surface area contributed by atoms with E-state index in [4.69, 9.17) is 4.74 Å². The van der Waals surface area contributed by atoms with Crippen molar-refractivity contribution in [2.24, 2.45) is 5.92 Å². The number of nitrogens with one attached hydrogen (secondary N) is 3. The maximum absolute atomic E-state index is 12.4. The Kier molecular flexibility index (Phi) is 9.31. The van der Waals surface area contributed by atoms with Gasteiger partial charge in [-0.25, -0.2) is 0 Å². The first-order valence-electron chi connectivity index (χ1n) is 8.57. The molecule has 2 rings (SSSR count). The van der Waals surface area contributed by atoms with Gasteiger partial charge in [0, 0.05) is 24.6 Å². The lowest BCUT2D eigenvalue weighted by Gasteiger charge is -2.21. The molecule has 0 bridgehead atoms. The molecule has 140 valence electrons. The van der Waals surface area contributed by atoms with Crippen molar-refractivity contribution in [3.63, 3.8) is 0 Å². The Morgan fingerprint density at radius 3 is 2.52 bits per heavy atom. The zero-order chi connectivity index (χ0) is 17.4. The summed E-state index contributed by atoms with van der Waals surface area (Å²) in [6, 6.07) is 5.27. The Bertz CT molecular complexity index is 575. The quantitative estimate of drug-likeness (QED) is 0.689. The third-order valence-corrected chi connectivity index (χ3v) is 4.32. The van der Waals surface area contributed by atoms with Crippen LogP contribution in [0, 0.1) is 5.92 Å². The van der Waals surface area contributed by atoms with Gasteiger partial charge in [0.2, 0.25) is 11.8 Å². The number of carbonyl (C=O) groups is 2. The van der Waals surface area contributed by atoms with Gasteiger partial charge in [0.15, 0.2) is 0 Å². The molecule has 25 heavy (non-hydrogen) atoms. The highest BCUT2D eigenvalue weighted by atomic mass is 35.5. The second-order valence-electron chi connectivity index (χ2n) is 6.14. The molecule has 0 aromatic heterocycles. The Morgan fingerprint density at radius 1 is 1.16 bits per heavy atom. The molecule has 0 aliphatic heterocycles. The third kappa shape index (κ3) is 6.55. The number of halogens is 1. The van der Waals surface area contributed by atoms with E-state index in [1.807, 2.05) is 0 Å². The van der Waals surface area contributed by atoms with Gasteiger partial charge in [0.1, 0.15) is 5.75 Å². The number of benzene rings is 1. The van der Waals surface area contributed by atoms with Crippen molar-refractivity contribution in [2.75, 3.05) is 31.3 Å². The molecule has 0 spiro atoms. The Hall–Kier alpha value is -1.79. The molecule has 1 aliphatic rings. The van der Waals surface area contributed by atoms with Crippen LogP contribution in [0.25, 0.3) is 0 Å². The predicted octanol–water partition coefficient (Wildman–Crippen LogP) is 3.18. The fourth-order valence-corrected chi connectivity index (χ4v) is 2.95. The SMILES string of the molecule is CNCCC(=O)Nc1ccc(OC)c(NC(=O)C2CCCCC2)c1.Cl. The smallest absolute Gasteiger partial charge is 0.227 e. The van der Waals surface area contributed by atoms with Gasteiger partial charge in [-0.15, -0.1) is 12.4 Å². The minimum absolute atomic E-state index is 0. The number of rotatable bonds is 7. The van der Waals surface area contributed by atoms with Crippen LogP contribution in [0.15, 0.2) is 18.2 Å². The molecule has 1 fully saturated rings. The summed E-state index contributed by atoms with van der Waals surface area (Å²) in [7, 11) is 3.37. The summed E-state index contributed by atoms with van der Waals surface area (Å²) >= 11 is 0. The lowest BCUT2D eigenvalue weighted by Crippen LogP contribution is -2.25. The van der Waals surface area contributed by atoms with Gasteiger partial charge in [-0.3, -0.25) is 9.59 Å². The van der Waals surface area contributed by atoms with Gasteiger partial charge in [0.05, 0.1) is 12.8 Å². The first-order chi connectivity index (χ1) is 11.6. The molecule has 0 radical (unpaired) electrons. The number of carbonyl (C=O) groups excluding carboxylic acids is 2. The molecule has 6 nitrogen and oxygen atoms in total. The standard InChI is InChI=1S/C18H27N3O3.ClH/c1-19-11-10-17(22)20-14-8-9-16(24-2)15(12-14)21-18(23)13-6-4-3-5-7-13;/h8-9,12-13,19H,3-7,10-11H2,1-2H3,(H,20,22)(H,21,23);1H. The zero-order valence-corrected chi connectivity index (χ0v) is 15.7. The highest BCUT2D eigenvalue weighted by Gasteiger charge is 2.22. The average Bonchev–Trinajstić information content (AvgIpc) is 2.61. The van der Waals surface area contributed by atoms with Crippen molar-refractivity contribution in [2.45, 2.75) is 38.5 Å². The second kappa shape index (κ2) is 10.9. The van der Waals surface area contributed by atoms with Crippen LogP contribution >= 0.6 is 12.4 Å². The van der Waals surface area contributed by atoms with E-state index in [9.17, 15) is 9.59 Å². The molecule has 2 amide bonds. The van der Waals surface area contributed by atoms with E-state index in [0.29, 0.717) is 30.1 Å². The molecule has 1 aromatic rings. The summed E-state index contributed by atoms with van der Waals surface area (Å²) in [6.07, 6.45) is 5.70. The Morgan fingerprint density at radius 2 is 1.88 bits per heavy atom. The van der Waals surface area contributed by atoms with Crippen LogP contribution < -0.4 is 20.7 Å². The number of methoxy groups -OCH3 is 1. The first-order valence-corrected chi connectivity index (χ1v) is 8.57. The van der Waals surface area contributed by atoms with Crippen LogP contribution in [0.3, 0.4) is 0 Å². The molecular weight excluding hydrogens is 342 g/mol. The molecule has 3 N–H and O–H groups in total. The minimum atomic E-state index is -0.0703. The number of ether oxygens (including phenoxy) is 1. The molecule has 0 unspecified atom stereocenters. The lowest BCUT2D eigenvalue weighted by atomic mass is 9.88. The van der Waals surface area contributed by atoms with Gasteiger partial charge in [-0.1, -0.05) is 19.3 Å². The highest BCUT2D eigenvalue weighted by molar-refractivity contribution is 5.96. The summed E-state index contributed by atoms with van der Waals surface area (Å²) in [5.74, 6) is 0.621. The number of hydrogen-bond acceptors (Lipinski definition) is 4. The normalized spacial score (nSPS) is 14.3. The van der Waals surface area contributed by atoms with Crippen molar-refractivity contribution in [1.82, 2.24) is 5.32 Å². The van der Waals surface area contributed by atoms with Crippen LogP contribution in [0.2, 0.25) is 0 Å². The average molecular weight is 370 g/mol. The molecule has 0 atom stereocenters. The topological polar surface area (TPSA) is 79.5 Å². The fraction of sp³-hybridized carbons (Fsp3) is 0.556. The summed E-state index contributed by atoms with van der Waals surface area (Å²) in [6.45, 7) is 0.618. The van der Waals surface area contributed by atoms with E-state index < -0.39 is 0 Å². The summed E-state index contributed by atoms with van der Waals surface area (Å²) in [4.78, 5) is 24.3. The molecule has 1 aliphatic carbocycles. The van der Waals surface area contributed by atoms with Gasteiger partial charge < -0.3 is 20.7 Å². The van der Waals surface area contributed by atoms with Crippen LogP contribution in [0.1, 0.15) is 38.5 Å². The number of anilines is 2. The van der Waals surface area contributed by atoms with Crippen LogP contribution in [0.5, 0.6) is 5.75 Å². The van der Waals surface area contributed by atoms with E-state index in [0.717, 1.165) is 25.7 Å². The summed E-state index contributed by atoms with van der Waals surface area (Å²) in [5.41, 5.74) is 1.25. The monoisotopic (exact) mass is 369 g/mol. The van der Waals surface area contributed by atoms with Crippen molar-refractivity contribution in [3.05, 3.63) is 18.2 Å². The van der Waals surface area contributed by atoms with Crippen molar-refractivity contribution in [3.8, 4) is 5.75 Å². The van der Waals surface area contributed by atoms with Crippen molar-refractivity contribution in [1.29, 1.82) is 0 Å². The van der Waals surface area contributed by atoms with Gasteiger partial charge in [-0.2, -0.15) is 0 Å². The second-order valence-corrected chi connectivity index (χ2v) is 6.14. The van der Waals surface area contributed by atoms with Crippen LogP contribution in [-0.2, 0) is 9.59 Å². The van der Waals surface area contributed by atoms with E-state index in [2.05, 4.69) is 16.0 Å². The summed E-state index contributed by atoms with van der Waals surface area (Å²) in [5, 5.41) is 8.73. The van der Waals surface area contributed by atoms with Crippen LogP contribution in [0.4, 0.5) is 11.4 Å². The first kappa shape index (κ1) is 21.3. The number of hydrogen-bond donors (Lipinski definition) is 3. The molecular formula is C18H28ClN3O3. The van der Waals surface area contributed by atoms with E-state index >= 15 is 0 Å². The van der Waals surface area contributed by atoms with Crippen molar-refractivity contribution >= 4 is 35.6 Å². The summed E-state index contributed by atoms with van der Waals surface area (Å²) < 4.78 is 5.32. The zero-order valence-electron chi connectivity index (χ0n) is 14.9. The van der Waals surface area contributed by atoms with Gasteiger partial charge in [-0.05, 0) is 38.1 Å². The Balaban J connectivity index is 0.00000312. The predicted molar refractivity (Wildman–Crippen MR) is 103 cm³/mol. The van der Waals surface area contributed by atoms with E-state index in [1.54, 1.807) is 32.4 Å². The molecule has 0 heterocycles. The molecule has 1 aromatic carbocycles. The van der Waals surface area contributed by atoms with E-state index in [1.165, 1.54) is 6.42 Å². The lowest BCUT2D eigenvalue weighted by molar-refractivity contribution is -0.120. The molecule has 0 saturated heterocycles. The number of amides is 2. The maximum atomic E-state index is 12.4. The third-order valence-electron chi connectivity index (χ3n) is 4.32. The largest absolute Gasteiger partial charge is 0.495 e. The van der Waals surface area contributed by atoms with Gasteiger partial charge >= 0.3 is 0 Å². The van der Waals surface area contributed by atoms with Crippen molar-refractivity contribution < 1.29 is 14.3 Å².